The van der Waals surface area contributed by atoms with Gasteiger partial charge in [-0.05, 0) is 45.1 Å². The molecule has 1 heterocycles. The molecule has 1 rings (SSSR count). The van der Waals surface area contributed by atoms with Crippen molar-refractivity contribution in [2.45, 2.75) is 46.6 Å². The molecule has 0 N–H and O–H groups in total. The molecular weight excluding hydrogens is 174 g/mol. The van der Waals surface area contributed by atoms with Crippen LogP contribution in [0.25, 0.3) is 0 Å². The van der Waals surface area contributed by atoms with E-state index in [1.165, 1.54) is 12.8 Å². The van der Waals surface area contributed by atoms with Crippen molar-refractivity contribution >= 4 is 5.78 Å². The Morgan fingerprint density at radius 3 is 2.50 bits per heavy atom. The highest BCUT2D eigenvalue weighted by atomic mass is 16.1. The summed E-state index contributed by atoms with van der Waals surface area (Å²) in [4.78, 5) is 13.6. The van der Waals surface area contributed by atoms with Gasteiger partial charge in [-0.2, -0.15) is 0 Å². The van der Waals surface area contributed by atoms with E-state index >= 15 is 0 Å². The highest BCUT2D eigenvalue weighted by Gasteiger charge is 2.26. The van der Waals surface area contributed by atoms with Gasteiger partial charge in [-0.3, -0.25) is 9.69 Å². The van der Waals surface area contributed by atoms with Gasteiger partial charge < -0.3 is 0 Å². The van der Waals surface area contributed by atoms with E-state index < -0.39 is 0 Å². The third-order valence-electron chi connectivity index (χ3n) is 3.57. The number of rotatable bonds is 3. The molecule has 0 amide bonds. The van der Waals surface area contributed by atoms with Gasteiger partial charge in [0.25, 0.3) is 0 Å². The number of piperidine rings is 1. The normalized spacial score (nSPS) is 26.5. The topological polar surface area (TPSA) is 20.3 Å². The first-order valence-corrected chi connectivity index (χ1v) is 5.77. The minimum atomic E-state index is 0.122. The number of ketones is 1. The van der Waals surface area contributed by atoms with Crippen LogP contribution in [0.1, 0.15) is 40.5 Å². The Labute approximate surface area is 87.7 Å². The molecule has 0 aromatic carbocycles. The summed E-state index contributed by atoms with van der Waals surface area (Å²) in [5.74, 6) is 1.83. The van der Waals surface area contributed by atoms with Crippen LogP contribution in [0, 0.1) is 11.8 Å². The lowest BCUT2D eigenvalue weighted by Gasteiger charge is -2.37. The number of nitrogens with zero attached hydrogens (tertiary/aromatic N) is 1. The minimum absolute atomic E-state index is 0.122. The Kier molecular flexibility index (Phi) is 4.11. The van der Waals surface area contributed by atoms with E-state index in [-0.39, 0.29) is 6.04 Å². The van der Waals surface area contributed by atoms with Crippen LogP contribution < -0.4 is 0 Å². The van der Waals surface area contributed by atoms with Gasteiger partial charge in [-0.25, -0.2) is 0 Å². The highest BCUT2D eigenvalue weighted by molar-refractivity contribution is 5.80. The van der Waals surface area contributed by atoms with E-state index in [9.17, 15) is 4.79 Å². The van der Waals surface area contributed by atoms with Crippen LogP contribution in [0.15, 0.2) is 0 Å². The van der Waals surface area contributed by atoms with Crippen molar-refractivity contribution in [3.05, 3.63) is 0 Å². The smallest absolute Gasteiger partial charge is 0.146 e. The zero-order valence-corrected chi connectivity index (χ0v) is 9.92. The van der Waals surface area contributed by atoms with Crippen LogP contribution in [0.2, 0.25) is 0 Å². The van der Waals surface area contributed by atoms with Gasteiger partial charge >= 0.3 is 0 Å². The second kappa shape index (κ2) is 4.92. The number of likely N-dealkylation sites (tertiary alicyclic amines) is 1. The molecule has 0 aliphatic carbocycles. The van der Waals surface area contributed by atoms with Crippen LogP contribution in [0.3, 0.4) is 0 Å². The molecule has 14 heavy (non-hydrogen) atoms. The van der Waals surface area contributed by atoms with Crippen molar-refractivity contribution in [2.24, 2.45) is 11.8 Å². The van der Waals surface area contributed by atoms with Crippen molar-refractivity contribution in [2.75, 3.05) is 13.1 Å². The third kappa shape index (κ3) is 2.81. The molecule has 2 nitrogen and oxygen atoms in total. The molecule has 0 bridgehead atoms. The lowest BCUT2D eigenvalue weighted by atomic mass is 9.87. The molecule has 1 saturated heterocycles. The van der Waals surface area contributed by atoms with Crippen LogP contribution in [-0.2, 0) is 4.79 Å². The molecule has 1 fully saturated rings. The Morgan fingerprint density at radius 2 is 2.00 bits per heavy atom. The Hall–Kier alpha value is -0.370. The van der Waals surface area contributed by atoms with E-state index in [2.05, 4.69) is 18.7 Å². The molecule has 2 heteroatoms. The summed E-state index contributed by atoms with van der Waals surface area (Å²) in [7, 11) is 0. The molecule has 1 aliphatic heterocycles. The summed E-state index contributed by atoms with van der Waals surface area (Å²) >= 11 is 0. The fourth-order valence-corrected chi connectivity index (χ4v) is 2.19. The largest absolute Gasteiger partial charge is 0.298 e. The Balaban J connectivity index is 2.51. The van der Waals surface area contributed by atoms with Crippen molar-refractivity contribution in [1.82, 2.24) is 4.90 Å². The van der Waals surface area contributed by atoms with E-state index in [0.717, 1.165) is 24.9 Å². The molecular formula is C12H23NO. The first kappa shape index (κ1) is 11.7. The van der Waals surface area contributed by atoms with Crippen molar-refractivity contribution in [1.29, 1.82) is 0 Å². The molecule has 2 atom stereocenters. The first-order chi connectivity index (χ1) is 6.52. The molecule has 2 unspecified atom stereocenters. The summed E-state index contributed by atoms with van der Waals surface area (Å²) in [6.45, 7) is 10.5. The van der Waals surface area contributed by atoms with Crippen molar-refractivity contribution < 1.29 is 4.79 Å². The zero-order valence-electron chi connectivity index (χ0n) is 9.92. The third-order valence-corrected chi connectivity index (χ3v) is 3.57. The summed E-state index contributed by atoms with van der Waals surface area (Å²) in [6.07, 6.45) is 2.58. The average Bonchev–Trinajstić information content (AvgIpc) is 2.16. The molecule has 0 spiro atoms. The average molecular weight is 197 g/mol. The van der Waals surface area contributed by atoms with E-state index in [1.54, 1.807) is 6.92 Å². The van der Waals surface area contributed by atoms with Crippen molar-refractivity contribution in [3.8, 4) is 0 Å². The molecule has 0 radical (unpaired) electrons. The molecule has 0 saturated carbocycles. The molecule has 0 aromatic rings. The zero-order chi connectivity index (χ0) is 10.7. The summed E-state index contributed by atoms with van der Waals surface area (Å²) in [6, 6.07) is 0.122. The van der Waals surface area contributed by atoms with Gasteiger partial charge in [0.05, 0.1) is 6.04 Å². The lowest BCUT2D eigenvalue weighted by molar-refractivity contribution is -0.122. The number of carbonyl (C=O) groups is 1. The predicted octanol–water partition coefficient (Wildman–Crippen LogP) is 2.33. The fraction of sp³-hybridized carbons (Fsp3) is 0.917. The summed E-state index contributed by atoms with van der Waals surface area (Å²) < 4.78 is 0. The van der Waals surface area contributed by atoms with Crippen LogP contribution in [0.4, 0.5) is 0 Å². The van der Waals surface area contributed by atoms with Crippen LogP contribution >= 0.6 is 0 Å². The predicted molar refractivity (Wildman–Crippen MR) is 59.3 cm³/mol. The highest BCUT2D eigenvalue weighted by Crippen LogP contribution is 2.24. The number of carbonyl (C=O) groups excluding carboxylic acids is 1. The maximum absolute atomic E-state index is 11.3. The van der Waals surface area contributed by atoms with Gasteiger partial charge in [0.1, 0.15) is 5.78 Å². The summed E-state index contributed by atoms with van der Waals surface area (Å²) in [5.41, 5.74) is 0. The standard InChI is InChI=1S/C12H23NO/c1-9(2)12-6-5-7-13(8-12)10(3)11(4)14/h9-10,12H,5-8H2,1-4H3. The van der Waals surface area contributed by atoms with Crippen LogP contribution in [0.5, 0.6) is 0 Å². The maximum atomic E-state index is 11.3. The maximum Gasteiger partial charge on any atom is 0.146 e. The second-order valence-corrected chi connectivity index (χ2v) is 4.93. The second-order valence-electron chi connectivity index (χ2n) is 4.93. The SMILES string of the molecule is CC(=O)C(C)N1CCCC(C(C)C)C1. The van der Waals surface area contributed by atoms with E-state index in [1.807, 2.05) is 6.92 Å². The van der Waals surface area contributed by atoms with E-state index in [0.29, 0.717) is 5.78 Å². The number of hydrogen-bond acceptors (Lipinski definition) is 2. The Bertz CT molecular complexity index is 200. The van der Waals surface area contributed by atoms with Gasteiger partial charge in [0.2, 0.25) is 0 Å². The minimum Gasteiger partial charge on any atom is -0.298 e. The molecule has 82 valence electrons. The lowest BCUT2D eigenvalue weighted by Crippen LogP contribution is -2.45. The quantitative estimate of drug-likeness (QED) is 0.692. The number of Topliss-reactive ketones (excluding diaryl/α,β-unsaturated/α-hetero) is 1. The van der Waals surface area contributed by atoms with E-state index in [4.69, 9.17) is 0 Å². The van der Waals surface area contributed by atoms with Crippen molar-refractivity contribution in [3.63, 3.8) is 0 Å². The summed E-state index contributed by atoms with van der Waals surface area (Å²) in [5, 5.41) is 0. The number of hydrogen-bond donors (Lipinski definition) is 0. The monoisotopic (exact) mass is 197 g/mol. The first-order valence-electron chi connectivity index (χ1n) is 5.77. The van der Waals surface area contributed by atoms with Gasteiger partial charge in [0, 0.05) is 6.54 Å². The van der Waals surface area contributed by atoms with Gasteiger partial charge in [-0.15, -0.1) is 0 Å². The Morgan fingerprint density at radius 1 is 1.36 bits per heavy atom. The molecule has 0 aromatic heterocycles. The molecule has 1 aliphatic rings. The van der Waals surface area contributed by atoms with Crippen LogP contribution in [-0.4, -0.2) is 29.8 Å². The van der Waals surface area contributed by atoms with Gasteiger partial charge in [0.15, 0.2) is 0 Å². The van der Waals surface area contributed by atoms with Gasteiger partial charge in [-0.1, -0.05) is 13.8 Å². The fourth-order valence-electron chi connectivity index (χ4n) is 2.19.